The number of benzene rings is 2. The number of amides is 1. The minimum absolute atomic E-state index is 0.367. The van der Waals surface area contributed by atoms with Gasteiger partial charge < -0.3 is 14.4 Å². The van der Waals surface area contributed by atoms with Gasteiger partial charge in [-0.05, 0) is 68.9 Å². The van der Waals surface area contributed by atoms with Crippen LogP contribution in [0, 0.1) is 0 Å². The van der Waals surface area contributed by atoms with Gasteiger partial charge in [0.25, 0.3) is 0 Å². The van der Waals surface area contributed by atoms with Gasteiger partial charge in [-0.3, -0.25) is 4.90 Å². The molecule has 0 heterocycles. The fourth-order valence-corrected chi connectivity index (χ4v) is 3.13. The molecule has 6 nitrogen and oxygen atoms in total. The molecule has 0 aliphatic heterocycles. The Morgan fingerprint density at radius 3 is 2.13 bits per heavy atom. The zero-order valence-electron chi connectivity index (χ0n) is 18.9. The molecule has 0 aliphatic carbocycles. The molecule has 0 bridgehead atoms. The van der Waals surface area contributed by atoms with Crippen molar-refractivity contribution in [2.75, 3.05) is 37.7 Å². The predicted octanol–water partition coefficient (Wildman–Crippen LogP) is 5.38. The Labute approximate surface area is 185 Å². The van der Waals surface area contributed by atoms with Crippen LogP contribution in [-0.4, -0.2) is 49.7 Å². The van der Waals surface area contributed by atoms with Crippen molar-refractivity contribution >= 4 is 17.7 Å². The highest BCUT2D eigenvalue weighted by atomic mass is 16.6. The van der Waals surface area contributed by atoms with Gasteiger partial charge in [-0.15, -0.1) is 0 Å². The highest BCUT2D eigenvalue weighted by molar-refractivity contribution is 5.90. The zero-order chi connectivity index (χ0) is 22.5. The van der Waals surface area contributed by atoms with E-state index in [-0.39, 0.29) is 5.97 Å². The van der Waals surface area contributed by atoms with Crippen molar-refractivity contribution in [1.82, 2.24) is 4.90 Å². The van der Waals surface area contributed by atoms with E-state index in [0.29, 0.717) is 24.5 Å². The average Bonchev–Trinajstić information content (AvgIpc) is 2.80. The van der Waals surface area contributed by atoms with Crippen LogP contribution < -0.4 is 9.64 Å². The van der Waals surface area contributed by atoms with Crippen molar-refractivity contribution in [1.29, 1.82) is 0 Å². The molecule has 0 aliphatic rings. The van der Waals surface area contributed by atoms with Gasteiger partial charge in [0.2, 0.25) is 0 Å². The van der Waals surface area contributed by atoms with Gasteiger partial charge in [0, 0.05) is 12.2 Å². The number of para-hydroxylation sites is 1. The average molecular weight is 427 g/mol. The number of anilines is 1. The van der Waals surface area contributed by atoms with Crippen LogP contribution in [0.5, 0.6) is 5.75 Å². The van der Waals surface area contributed by atoms with E-state index in [9.17, 15) is 9.59 Å². The Kier molecular flexibility index (Phi) is 10.6. The Balaban J connectivity index is 2.01. The third-order valence-electron chi connectivity index (χ3n) is 5.06. The van der Waals surface area contributed by atoms with E-state index in [0.717, 1.165) is 44.6 Å². The largest absolute Gasteiger partial charge is 0.462 e. The van der Waals surface area contributed by atoms with Crippen LogP contribution in [0.4, 0.5) is 10.5 Å². The lowest BCUT2D eigenvalue weighted by atomic mass is 10.2. The molecule has 0 N–H and O–H groups in total. The molecule has 0 fully saturated rings. The van der Waals surface area contributed by atoms with Crippen molar-refractivity contribution in [2.45, 2.75) is 40.0 Å². The molecule has 6 heteroatoms. The van der Waals surface area contributed by atoms with E-state index in [2.05, 4.69) is 18.7 Å². The lowest BCUT2D eigenvalue weighted by molar-refractivity contribution is 0.0499. The summed E-state index contributed by atoms with van der Waals surface area (Å²) in [5, 5.41) is 0. The Morgan fingerprint density at radius 2 is 1.52 bits per heavy atom. The summed E-state index contributed by atoms with van der Waals surface area (Å²) < 4.78 is 10.8. The molecule has 0 saturated heterocycles. The molecular weight excluding hydrogens is 392 g/mol. The molecule has 2 rings (SSSR count). The fourth-order valence-electron chi connectivity index (χ4n) is 3.13. The number of carbonyl (C=O) groups excluding carboxylic acids is 2. The summed E-state index contributed by atoms with van der Waals surface area (Å²) in [6.07, 6.45) is 2.21. The van der Waals surface area contributed by atoms with Gasteiger partial charge in [0.15, 0.2) is 0 Å². The zero-order valence-corrected chi connectivity index (χ0v) is 18.9. The van der Waals surface area contributed by atoms with Crippen LogP contribution in [0.2, 0.25) is 0 Å². The van der Waals surface area contributed by atoms with Gasteiger partial charge in [0.05, 0.1) is 12.2 Å². The Hall–Kier alpha value is -2.86. The number of esters is 1. The minimum Gasteiger partial charge on any atom is -0.462 e. The highest BCUT2D eigenvalue weighted by Gasteiger charge is 2.18. The number of hydrogen-bond acceptors (Lipinski definition) is 5. The van der Waals surface area contributed by atoms with Crippen LogP contribution in [0.3, 0.4) is 0 Å². The first kappa shape index (κ1) is 24.4. The first-order chi connectivity index (χ1) is 15.1. The summed E-state index contributed by atoms with van der Waals surface area (Å²) in [6, 6.07) is 16.0. The molecule has 0 spiro atoms. The van der Waals surface area contributed by atoms with Crippen LogP contribution in [0.1, 0.15) is 50.4 Å². The highest BCUT2D eigenvalue weighted by Crippen LogP contribution is 2.19. The van der Waals surface area contributed by atoms with Gasteiger partial charge in [0.1, 0.15) is 5.75 Å². The van der Waals surface area contributed by atoms with E-state index in [1.807, 2.05) is 37.3 Å². The smallest absolute Gasteiger partial charge is 0.419 e. The van der Waals surface area contributed by atoms with Crippen molar-refractivity contribution in [3.63, 3.8) is 0 Å². The molecule has 31 heavy (non-hydrogen) atoms. The number of carbonyl (C=O) groups is 2. The molecule has 1 amide bonds. The van der Waals surface area contributed by atoms with Gasteiger partial charge in [-0.25, -0.2) is 9.59 Å². The van der Waals surface area contributed by atoms with Crippen molar-refractivity contribution < 1.29 is 19.1 Å². The monoisotopic (exact) mass is 426 g/mol. The topological polar surface area (TPSA) is 59.1 Å². The third kappa shape index (κ3) is 8.06. The standard InChI is InChI=1S/C25H34N2O4/c1-4-7-20-30-24(28)21-14-16-23(17-15-21)31-25(29)27(22-12-9-8-10-13-22)19-11-18-26(5-2)6-3/h8-10,12-17H,4-7,11,18-20H2,1-3H3. The van der Waals surface area contributed by atoms with Gasteiger partial charge >= 0.3 is 12.1 Å². The van der Waals surface area contributed by atoms with Crippen molar-refractivity contribution in [3.8, 4) is 5.75 Å². The molecule has 0 atom stereocenters. The van der Waals surface area contributed by atoms with Gasteiger partial charge in [-0.1, -0.05) is 45.4 Å². The lowest BCUT2D eigenvalue weighted by Gasteiger charge is -2.24. The molecule has 0 radical (unpaired) electrons. The van der Waals surface area contributed by atoms with Crippen LogP contribution in [-0.2, 0) is 4.74 Å². The minimum atomic E-state index is -0.441. The molecule has 2 aromatic carbocycles. The summed E-state index contributed by atoms with van der Waals surface area (Å²) in [5.74, 6) is 0.0217. The molecule has 2 aromatic rings. The quantitative estimate of drug-likeness (QED) is 0.337. The first-order valence-corrected chi connectivity index (χ1v) is 11.1. The first-order valence-electron chi connectivity index (χ1n) is 11.1. The second kappa shape index (κ2) is 13.4. The summed E-state index contributed by atoms with van der Waals surface area (Å²) in [6.45, 7) is 10.2. The van der Waals surface area contributed by atoms with Crippen LogP contribution in [0.15, 0.2) is 54.6 Å². The van der Waals surface area contributed by atoms with Gasteiger partial charge in [-0.2, -0.15) is 0 Å². The maximum Gasteiger partial charge on any atom is 0.419 e. The SMILES string of the molecule is CCCCOC(=O)c1ccc(OC(=O)N(CCCN(CC)CC)c2ccccc2)cc1. The van der Waals surface area contributed by atoms with E-state index in [1.54, 1.807) is 29.2 Å². The summed E-state index contributed by atoms with van der Waals surface area (Å²) in [4.78, 5) is 28.9. The predicted molar refractivity (Wildman–Crippen MR) is 124 cm³/mol. The van der Waals surface area contributed by atoms with E-state index in [4.69, 9.17) is 9.47 Å². The lowest BCUT2D eigenvalue weighted by Crippen LogP contribution is -2.36. The van der Waals surface area contributed by atoms with Crippen molar-refractivity contribution in [3.05, 3.63) is 60.2 Å². The second-order valence-corrected chi connectivity index (χ2v) is 7.25. The molecule has 0 saturated carbocycles. The third-order valence-corrected chi connectivity index (χ3v) is 5.06. The Morgan fingerprint density at radius 1 is 0.839 bits per heavy atom. The van der Waals surface area contributed by atoms with Crippen LogP contribution in [0.25, 0.3) is 0 Å². The second-order valence-electron chi connectivity index (χ2n) is 7.25. The fraction of sp³-hybridized carbons (Fsp3) is 0.440. The molecular formula is C25H34N2O4. The van der Waals surface area contributed by atoms with E-state index in [1.165, 1.54) is 0 Å². The number of nitrogens with zero attached hydrogens (tertiary/aromatic N) is 2. The van der Waals surface area contributed by atoms with E-state index < -0.39 is 6.09 Å². The maximum atomic E-state index is 12.9. The number of ether oxygens (including phenoxy) is 2. The number of unbranched alkanes of at least 4 members (excludes halogenated alkanes) is 1. The number of rotatable bonds is 12. The van der Waals surface area contributed by atoms with Crippen LogP contribution >= 0.6 is 0 Å². The van der Waals surface area contributed by atoms with Crippen molar-refractivity contribution in [2.24, 2.45) is 0 Å². The molecule has 0 unspecified atom stereocenters. The summed E-state index contributed by atoms with van der Waals surface area (Å²) >= 11 is 0. The summed E-state index contributed by atoms with van der Waals surface area (Å²) in [7, 11) is 0. The van der Waals surface area contributed by atoms with E-state index >= 15 is 0 Å². The summed E-state index contributed by atoms with van der Waals surface area (Å²) in [5.41, 5.74) is 1.23. The maximum absolute atomic E-state index is 12.9. The molecule has 168 valence electrons. The number of hydrogen-bond donors (Lipinski definition) is 0. The Bertz CT molecular complexity index is 789. The normalized spacial score (nSPS) is 10.7. The molecule has 0 aromatic heterocycles.